The van der Waals surface area contributed by atoms with Gasteiger partial charge in [0.15, 0.2) is 17.3 Å². The molecule has 4 nitrogen and oxygen atoms in total. The number of allylic oxidation sites excluding steroid dienone is 1. The number of nitrogens with one attached hydrogen (secondary N) is 1. The van der Waals surface area contributed by atoms with Crippen LogP contribution in [0.3, 0.4) is 0 Å². The molecule has 0 amide bonds. The summed E-state index contributed by atoms with van der Waals surface area (Å²) in [4.78, 5) is 12.0. The molecular formula is C18H17NO3. The van der Waals surface area contributed by atoms with Crippen molar-refractivity contribution in [3.05, 3.63) is 65.9 Å². The number of hydrogen-bond acceptors (Lipinski definition) is 4. The van der Waals surface area contributed by atoms with Gasteiger partial charge in [0.25, 0.3) is 0 Å². The molecule has 0 aliphatic carbocycles. The van der Waals surface area contributed by atoms with E-state index in [1.165, 1.54) is 6.08 Å². The van der Waals surface area contributed by atoms with E-state index in [1.54, 1.807) is 6.20 Å². The minimum absolute atomic E-state index is 0.0370. The third-order valence-corrected chi connectivity index (χ3v) is 3.36. The Morgan fingerprint density at radius 3 is 2.55 bits per heavy atom. The summed E-state index contributed by atoms with van der Waals surface area (Å²) in [5, 5.41) is 3.07. The van der Waals surface area contributed by atoms with Gasteiger partial charge in [-0.2, -0.15) is 0 Å². The van der Waals surface area contributed by atoms with Crippen molar-refractivity contribution in [2.45, 2.75) is 6.92 Å². The van der Waals surface area contributed by atoms with Gasteiger partial charge in [0.05, 0.1) is 0 Å². The maximum Gasteiger partial charge on any atom is 0.187 e. The maximum absolute atomic E-state index is 12.0. The Bertz CT molecular complexity index is 705. The van der Waals surface area contributed by atoms with Crippen LogP contribution in [-0.4, -0.2) is 19.0 Å². The minimum atomic E-state index is -0.0370. The van der Waals surface area contributed by atoms with Crippen LogP contribution in [0, 0.1) is 6.92 Å². The molecule has 2 aromatic carbocycles. The number of carbonyl (C=O) groups is 1. The Balaban J connectivity index is 1.64. The maximum atomic E-state index is 12.0. The van der Waals surface area contributed by atoms with Gasteiger partial charge in [-0.25, -0.2) is 0 Å². The third-order valence-electron chi connectivity index (χ3n) is 3.36. The van der Waals surface area contributed by atoms with Crippen LogP contribution >= 0.6 is 0 Å². The highest BCUT2D eigenvalue weighted by Gasteiger charge is 2.11. The quantitative estimate of drug-likeness (QED) is 0.692. The second-order valence-electron chi connectivity index (χ2n) is 5.07. The fourth-order valence-corrected chi connectivity index (χ4v) is 2.16. The lowest BCUT2D eigenvalue weighted by Gasteiger charge is -2.18. The van der Waals surface area contributed by atoms with Crippen molar-refractivity contribution in [2.24, 2.45) is 0 Å². The number of carbonyl (C=O) groups excluding carboxylic acids is 1. The van der Waals surface area contributed by atoms with Gasteiger partial charge in [-0.1, -0.05) is 29.8 Å². The highest BCUT2D eigenvalue weighted by Crippen LogP contribution is 2.32. The van der Waals surface area contributed by atoms with E-state index in [9.17, 15) is 4.79 Å². The van der Waals surface area contributed by atoms with E-state index in [1.807, 2.05) is 49.4 Å². The van der Waals surface area contributed by atoms with Crippen LogP contribution in [0.25, 0.3) is 0 Å². The standard InChI is InChI=1S/C18H17NO3/c1-13-2-4-14(5-3-13)16(20)8-9-19-15-6-7-17-18(12-15)22-11-10-21-17/h2-9,12,19H,10-11H2,1H3/b9-8+. The molecule has 0 atom stereocenters. The Morgan fingerprint density at radius 2 is 1.77 bits per heavy atom. The largest absolute Gasteiger partial charge is 0.486 e. The topological polar surface area (TPSA) is 47.6 Å². The van der Waals surface area contributed by atoms with Crippen LogP contribution in [0.5, 0.6) is 11.5 Å². The van der Waals surface area contributed by atoms with Crippen molar-refractivity contribution < 1.29 is 14.3 Å². The van der Waals surface area contributed by atoms with Crippen molar-refractivity contribution in [1.29, 1.82) is 0 Å². The van der Waals surface area contributed by atoms with Crippen LogP contribution in [-0.2, 0) is 0 Å². The fraction of sp³-hybridized carbons (Fsp3) is 0.167. The van der Waals surface area contributed by atoms with Crippen molar-refractivity contribution in [3.63, 3.8) is 0 Å². The first-order valence-electron chi connectivity index (χ1n) is 7.16. The molecular weight excluding hydrogens is 278 g/mol. The van der Waals surface area contributed by atoms with Crippen molar-refractivity contribution in [2.75, 3.05) is 18.5 Å². The number of hydrogen-bond donors (Lipinski definition) is 1. The highest BCUT2D eigenvalue weighted by molar-refractivity contribution is 6.04. The molecule has 3 rings (SSSR count). The lowest BCUT2D eigenvalue weighted by Crippen LogP contribution is -2.15. The number of benzene rings is 2. The van der Waals surface area contributed by atoms with Gasteiger partial charge in [0, 0.05) is 29.6 Å². The average Bonchev–Trinajstić information content (AvgIpc) is 2.55. The molecule has 4 heteroatoms. The van der Waals surface area contributed by atoms with Crippen LogP contribution in [0.15, 0.2) is 54.7 Å². The first-order valence-corrected chi connectivity index (χ1v) is 7.16. The van der Waals surface area contributed by atoms with E-state index < -0.39 is 0 Å². The smallest absolute Gasteiger partial charge is 0.187 e. The Hall–Kier alpha value is -2.75. The van der Waals surface area contributed by atoms with Crippen LogP contribution in [0.1, 0.15) is 15.9 Å². The SMILES string of the molecule is Cc1ccc(C(=O)/C=C/Nc2ccc3c(c2)OCCO3)cc1. The second kappa shape index (κ2) is 6.35. The van der Waals surface area contributed by atoms with E-state index in [2.05, 4.69) is 5.32 Å². The zero-order valence-corrected chi connectivity index (χ0v) is 12.3. The summed E-state index contributed by atoms with van der Waals surface area (Å²) in [7, 11) is 0. The number of ketones is 1. The predicted octanol–water partition coefficient (Wildman–Crippen LogP) is 3.57. The summed E-state index contributed by atoms with van der Waals surface area (Å²) in [5.41, 5.74) is 2.65. The zero-order valence-electron chi connectivity index (χ0n) is 12.3. The summed E-state index contributed by atoms with van der Waals surface area (Å²) in [5.74, 6) is 1.43. The molecule has 1 aliphatic rings. The molecule has 22 heavy (non-hydrogen) atoms. The first-order chi connectivity index (χ1) is 10.7. The van der Waals surface area contributed by atoms with E-state index in [0.29, 0.717) is 18.8 Å². The highest BCUT2D eigenvalue weighted by atomic mass is 16.6. The Morgan fingerprint density at radius 1 is 1.05 bits per heavy atom. The van der Waals surface area contributed by atoms with E-state index in [-0.39, 0.29) is 5.78 Å². The van der Waals surface area contributed by atoms with Gasteiger partial charge >= 0.3 is 0 Å². The molecule has 0 spiro atoms. The molecule has 0 radical (unpaired) electrons. The fourth-order valence-electron chi connectivity index (χ4n) is 2.16. The molecule has 1 aliphatic heterocycles. The normalized spacial score (nSPS) is 13.1. The number of fused-ring (bicyclic) bond motifs is 1. The number of rotatable bonds is 4. The summed E-state index contributed by atoms with van der Waals surface area (Å²) < 4.78 is 11.0. The van der Waals surface area contributed by atoms with Crippen molar-refractivity contribution in [3.8, 4) is 11.5 Å². The number of ether oxygens (including phenoxy) is 2. The first kappa shape index (κ1) is 14.2. The van der Waals surface area contributed by atoms with Gasteiger partial charge in [-0.3, -0.25) is 4.79 Å². The Kier molecular flexibility index (Phi) is 4.10. The summed E-state index contributed by atoms with van der Waals surface area (Å²) >= 11 is 0. The second-order valence-corrected chi connectivity index (χ2v) is 5.07. The lowest BCUT2D eigenvalue weighted by atomic mass is 10.1. The molecule has 1 heterocycles. The molecule has 0 aromatic heterocycles. The van der Waals surface area contributed by atoms with Gasteiger partial charge in [-0.05, 0) is 19.1 Å². The van der Waals surface area contributed by atoms with Gasteiger partial charge < -0.3 is 14.8 Å². The van der Waals surface area contributed by atoms with Crippen LogP contribution in [0.4, 0.5) is 5.69 Å². The minimum Gasteiger partial charge on any atom is -0.486 e. The van der Waals surface area contributed by atoms with Crippen molar-refractivity contribution in [1.82, 2.24) is 0 Å². The average molecular weight is 295 g/mol. The molecule has 0 saturated heterocycles. The Labute approximate surface area is 129 Å². The van der Waals surface area contributed by atoms with E-state index in [4.69, 9.17) is 9.47 Å². The molecule has 0 saturated carbocycles. The summed E-state index contributed by atoms with van der Waals surface area (Å²) in [6.07, 6.45) is 3.15. The number of aryl methyl sites for hydroxylation is 1. The summed E-state index contributed by atoms with van der Waals surface area (Å²) in [6, 6.07) is 13.1. The summed E-state index contributed by atoms with van der Waals surface area (Å²) in [6.45, 7) is 3.12. The molecule has 2 aromatic rings. The molecule has 0 bridgehead atoms. The molecule has 112 valence electrons. The predicted molar refractivity (Wildman–Crippen MR) is 85.7 cm³/mol. The van der Waals surface area contributed by atoms with Crippen LogP contribution < -0.4 is 14.8 Å². The number of anilines is 1. The monoisotopic (exact) mass is 295 g/mol. The van der Waals surface area contributed by atoms with Crippen molar-refractivity contribution >= 4 is 11.5 Å². The van der Waals surface area contributed by atoms with Crippen LogP contribution in [0.2, 0.25) is 0 Å². The molecule has 0 fully saturated rings. The van der Waals surface area contributed by atoms with E-state index in [0.717, 1.165) is 22.7 Å². The molecule has 1 N–H and O–H groups in total. The molecule has 0 unspecified atom stereocenters. The van der Waals surface area contributed by atoms with E-state index >= 15 is 0 Å². The third kappa shape index (κ3) is 3.28. The van der Waals surface area contributed by atoms with Gasteiger partial charge in [0.1, 0.15) is 13.2 Å². The zero-order chi connectivity index (χ0) is 15.4. The van der Waals surface area contributed by atoms with Gasteiger partial charge in [-0.15, -0.1) is 0 Å². The van der Waals surface area contributed by atoms with Gasteiger partial charge in [0.2, 0.25) is 0 Å². The lowest BCUT2D eigenvalue weighted by molar-refractivity contribution is 0.104.